The van der Waals surface area contributed by atoms with Gasteiger partial charge in [0, 0.05) is 12.4 Å². The number of rotatable bonds is 4. The van der Waals surface area contributed by atoms with E-state index in [4.69, 9.17) is 5.11 Å². The molecule has 1 aromatic rings. The second kappa shape index (κ2) is 4.67. The topological polar surface area (TPSA) is 65.1 Å². The molecule has 0 saturated carbocycles. The van der Waals surface area contributed by atoms with Crippen LogP contribution in [0.2, 0.25) is 0 Å². The third kappa shape index (κ3) is 2.59. The first-order chi connectivity index (χ1) is 6.27. The molecule has 4 heteroatoms. The van der Waals surface area contributed by atoms with Crippen LogP contribution < -0.4 is 5.32 Å². The molecular weight excluding hydrogens is 168 g/mol. The monoisotopic (exact) mass is 182 g/mol. The van der Waals surface area contributed by atoms with Crippen molar-refractivity contribution in [1.29, 1.82) is 0 Å². The number of aromatic nitrogens is 1. The van der Waals surface area contributed by atoms with Crippen molar-refractivity contribution < 1.29 is 9.90 Å². The lowest BCUT2D eigenvalue weighted by molar-refractivity contribution is -0.121. The van der Waals surface area contributed by atoms with Crippen molar-refractivity contribution >= 4 is 11.6 Å². The number of amides is 1. The van der Waals surface area contributed by atoms with Gasteiger partial charge in [0.15, 0.2) is 0 Å². The van der Waals surface area contributed by atoms with Gasteiger partial charge in [-0.15, -0.1) is 0 Å². The zero-order valence-electron chi connectivity index (χ0n) is 7.58. The Balaban J connectivity index is 2.49. The fourth-order valence-corrected chi connectivity index (χ4v) is 1.04. The maximum atomic E-state index is 11.4. The van der Waals surface area contributed by atoms with Gasteiger partial charge in [0.05, 0.1) is 18.2 Å². The summed E-state index contributed by atoms with van der Waals surface area (Å²) in [5, 5.41) is 11.6. The lowest BCUT2D eigenvalue weighted by Crippen LogP contribution is -2.24. The van der Waals surface area contributed by atoms with Gasteiger partial charge < -0.3 is 15.4 Å². The largest absolute Gasteiger partial charge is 0.396 e. The van der Waals surface area contributed by atoms with Crippen LogP contribution in [0.1, 0.15) is 13.3 Å². The van der Waals surface area contributed by atoms with Crippen molar-refractivity contribution in [3.63, 3.8) is 0 Å². The van der Waals surface area contributed by atoms with E-state index < -0.39 is 0 Å². The van der Waals surface area contributed by atoms with Crippen LogP contribution in [-0.2, 0) is 4.79 Å². The molecule has 0 saturated heterocycles. The summed E-state index contributed by atoms with van der Waals surface area (Å²) in [7, 11) is 0. The maximum Gasteiger partial charge on any atom is 0.229 e. The van der Waals surface area contributed by atoms with Crippen LogP contribution in [0.5, 0.6) is 0 Å². The number of aliphatic hydroxyl groups excluding tert-OH is 1. The molecule has 1 atom stereocenters. The Bertz CT molecular complexity index is 253. The SMILES string of the molecule is CCC(CO)C(=O)Nc1cc[nH]c1. The minimum absolute atomic E-state index is 0.104. The van der Waals surface area contributed by atoms with Crippen LogP contribution in [0.4, 0.5) is 5.69 Å². The first-order valence-electron chi connectivity index (χ1n) is 4.32. The number of hydrogen-bond acceptors (Lipinski definition) is 2. The zero-order valence-corrected chi connectivity index (χ0v) is 7.58. The van der Waals surface area contributed by atoms with Gasteiger partial charge in [-0.05, 0) is 12.5 Å². The molecule has 1 unspecified atom stereocenters. The highest BCUT2D eigenvalue weighted by molar-refractivity contribution is 5.92. The average Bonchev–Trinajstić information content (AvgIpc) is 2.59. The van der Waals surface area contributed by atoms with Crippen LogP contribution in [0, 0.1) is 5.92 Å². The van der Waals surface area contributed by atoms with Crippen molar-refractivity contribution in [3.05, 3.63) is 18.5 Å². The molecular formula is C9H14N2O2. The van der Waals surface area contributed by atoms with Gasteiger partial charge in [-0.25, -0.2) is 0 Å². The number of carbonyl (C=O) groups is 1. The molecule has 72 valence electrons. The molecule has 0 aromatic carbocycles. The second-order valence-corrected chi connectivity index (χ2v) is 2.88. The molecule has 0 aliphatic rings. The van der Waals surface area contributed by atoms with Crippen molar-refractivity contribution in [2.75, 3.05) is 11.9 Å². The van der Waals surface area contributed by atoms with E-state index in [2.05, 4.69) is 10.3 Å². The highest BCUT2D eigenvalue weighted by Crippen LogP contribution is 2.08. The molecule has 0 radical (unpaired) electrons. The minimum Gasteiger partial charge on any atom is -0.396 e. The third-order valence-electron chi connectivity index (χ3n) is 1.95. The Labute approximate surface area is 77.0 Å². The van der Waals surface area contributed by atoms with Crippen LogP contribution in [0.25, 0.3) is 0 Å². The number of nitrogens with one attached hydrogen (secondary N) is 2. The Morgan fingerprint density at radius 2 is 2.54 bits per heavy atom. The maximum absolute atomic E-state index is 11.4. The van der Waals surface area contributed by atoms with Crippen LogP contribution in [-0.4, -0.2) is 22.6 Å². The number of anilines is 1. The lowest BCUT2D eigenvalue weighted by atomic mass is 10.1. The normalized spacial score (nSPS) is 12.5. The first-order valence-corrected chi connectivity index (χ1v) is 4.32. The standard InChI is InChI=1S/C9H14N2O2/c1-2-7(6-12)9(13)11-8-3-4-10-5-8/h3-5,7,10,12H,2,6H2,1H3,(H,11,13). The van der Waals surface area contributed by atoms with Gasteiger partial charge in [0.2, 0.25) is 5.91 Å². The highest BCUT2D eigenvalue weighted by atomic mass is 16.3. The molecule has 0 spiro atoms. The van der Waals surface area contributed by atoms with Crippen LogP contribution >= 0.6 is 0 Å². The summed E-state index contributed by atoms with van der Waals surface area (Å²) < 4.78 is 0. The second-order valence-electron chi connectivity index (χ2n) is 2.88. The van der Waals surface area contributed by atoms with Crippen LogP contribution in [0.3, 0.4) is 0 Å². The molecule has 1 amide bonds. The molecule has 0 bridgehead atoms. The zero-order chi connectivity index (χ0) is 9.68. The lowest BCUT2D eigenvalue weighted by Gasteiger charge is -2.10. The number of aliphatic hydroxyl groups is 1. The molecule has 1 rings (SSSR count). The van der Waals surface area contributed by atoms with E-state index in [-0.39, 0.29) is 18.4 Å². The Morgan fingerprint density at radius 3 is 3.00 bits per heavy atom. The van der Waals surface area contributed by atoms with E-state index >= 15 is 0 Å². The number of aromatic amines is 1. The van der Waals surface area contributed by atoms with E-state index in [1.54, 1.807) is 18.5 Å². The molecule has 1 aromatic heterocycles. The summed E-state index contributed by atoms with van der Waals surface area (Å²) >= 11 is 0. The summed E-state index contributed by atoms with van der Waals surface area (Å²) in [6, 6.07) is 1.77. The summed E-state index contributed by atoms with van der Waals surface area (Å²) in [5.41, 5.74) is 0.733. The Morgan fingerprint density at radius 1 is 1.77 bits per heavy atom. The predicted molar refractivity (Wildman–Crippen MR) is 50.3 cm³/mol. The quantitative estimate of drug-likeness (QED) is 0.649. The van der Waals surface area contributed by atoms with Crippen molar-refractivity contribution in [1.82, 2.24) is 4.98 Å². The van der Waals surface area contributed by atoms with E-state index in [9.17, 15) is 4.79 Å². The van der Waals surface area contributed by atoms with Gasteiger partial charge in [-0.2, -0.15) is 0 Å². The number of H-pyrrole nitrogens is 1. The predicted octanol–water partition coefficient (Wildman–Crippen LogP) is 0.972. The van der Waals surface area contributed by atoms with E-state index in [0.717, 1.165) is 5.69 Å². The summed E-state index contributed by atoms with van der Waals surface area (Å²) in [6.45, 7) is 1.77. The Hall–Kier alpha value is -1.29. The fourth-order valence-electron chi connectivity index (χ4n) is 1.04. The van der Waals surface area contributed by atoms with E-state index in [1.807, 2.05) is 6.92 Å². The van der Waals surface area contributed by atoms with Gasteiger partial charge in [0.1, 0.15) is 0 Å². The molecule has 0 aliphatic carbocycles. The van der Waals surface area contributed by atoms with Crippen molar-refractivity contribution in [2.45, 2.75) is 13.3 Å². The molecule has 3 N–H and O–H groups in total. The molecule has 1 heterocycles. The highest BCUT2D eigenvalue weighted by Gasteiger charge is 2.14. The van der Waals surface area contributed by atoms with Crippen molar-refractivity contribution in [3.8, 4) is 0 Å². The van der Waals surface area contributed by atoms with E-state index in [1.165, 1.54) is 0 Å². The molecule has 13 heavy (non-hydrogen) atoms. The average molecular weight is 182 g/mol. The summed E-state index contributed by atoms with van der Waals surface area (Å²) in [4.78, 5) is 14.2. The summed E-state index contributed by atoms with van der Waals surface area (Å²) in [6.07, 6.45) is 4.07. The first kappa shape index (κ1) is 9.80. The van der Waals surface area contributed by atoms with Gasteiger partial charge in [-0.1, -0.05) is 6.92 Å². The van der Waals surface area contributed by atoms with Gasteiger partial charge in [0.25, 0.3) is 0 Å². The number of hydrogen-bond donors (Lipinski definition) is 3. The smallest absolute Gasteiger partial charge is 0.229 e. The Kier molecular flexibility index (Phi) is 3.52. The molecule has 0 aliphatic heterocycles. The molecule has 4 nitrogen and oxygen atoms in total. The van der Waals surface area contributed by atoms with Gasteiger partial charge in [-0.3, -0.25) is 4.79 Å². The molecule has 0 fully saturated rings. The minimum atomic E-state index is -0.310. The fraction of sp³-hybridized carbons (Fsp3) is 0.444. The van der Waals surface area contributed by atoms with Crippen molar-refractivity contribution in [2.24, 2.45) is 5.92 Å². The van der Waals surface area contributed by atoms with Crippen LogP contribution in [0.15, 0.2) is 18.5 Å². The van der Waals surface area contributed by atoms with Gasteiger partial charge >= 0.3 is 0 Å². The van der Waals surface area contributed by atoms with E-state index in [0.29, 0.717) is 6.42 Å². The number of carbonyl (C=O) groups excluding carboxylic acids is 1. The third-order valence-corrected chi connectivity index (χ3v) is 1.95. The summed E-state index contributed by atoms with van der Waals surface area (Å²) in [5.74, 6) is -0.445.